The SMILES string of the molecule is CCCCCCN(CCCCCC)C1CCCCN2CCCN=C12. The molecule has 1 unspecified atom stereocenters. The first-order valence-electron chi connectivity index (χ1n) is 10.9. The van der Waals surface area contributed by atoms with Crippen LogP contribution < -0.4 is 0 Å². The standard InChI is InChI=1S/C21H41N3/c1-3-5-7-10-16-23(17-11-8-6-4-2)20-14-9-12-18-24-19-13-15-22-21(20)24/h20H,3-19H2,1-2H3. The van der Waals surface area contributed by atoms with Gasteiger partial charge in [0.25, 0.3) is 0 Å². The number of aliphatic imine (C=N–C) groups is 1. The fourth-order valence-electron chi connectivity index (χ4n) is 4.23. The first kappa shape index (κ1) is 19.8. The van der Waals surface area contributed by atoms with Gasteiger partial charge in [0, 0.05) is 19.6 Å². The predicted octanol–water partition coefficient (Wildman–Crippen LogP) is 5.11. The summed E-state index contributed by atoms with van der Waals surface area (Å²) in [5, 5.41) is 0. The van der Waals surface area contributed by atoms with Crippen molar-refractivity contribution in [3.63, 3.8) is 0 Å². The van der Waals surface area contributed by atoms with Crippen LogP contribution in [0.1, 0.15) is 90.9 Å². The topological polar surface area (TPSA) is 18.8 Å². The molecule has 1 fully saturated rings. The highest BCUT2D eigenvalue weighted by Crippen LogP contribution is 2.22. The Kier molecular flexibility index (Phi) is 9.79. The quantitative estimate of drug-likeness (QED) is 0.489. The third kappa shape index (κ3) is 6.38. The summed E-state index contributed by atoms with van der Waals surface area (Å²) in [5.41, 5.74) is 0. The lowest BCUT2D eigenvalue weighted by molar-refractivity contribution is 0.212. The van der Waals surface area contributed by atoms with Gasteiger partial charge in [0.1, 0.15) is 5.84 Å². The van der Waals surface area contributed by atoms with Crippen LogP contribution in [-0.4, -0.2) is 54.4 Å². The Labute approximate surface area is 150 Å². The fourth-order valence-corrected chi connectivity index (χ4v) is 4.23. The average Bonchev–Trinajstić information content (AvgIpc) is 2.83. The maximum absolute atomic E-state index is 5.00. The Morgan fingerprint density at radius 1 is 0.875 bits per heavy atom. The van der Waals surface area contributed by atoms with Gasteiger partial charge in [0.15, 0.2) is 0 Å². The van der Waals surface area contributed by atoms with Crippen molar-refractivity contribution in [2.75, 3.05) is 32.7 Å². The van der Waals surface area contributed by atoms with Crippen molar-refractivity contribution in [1.29, 1.82) is 0 Å². The minimum absolute atomic E-state index is 0.607. The summed E-state index contributed by atoms with van der Waals surface area (Å²) >= 11 is 0. The number of unbranched alkanes of at least 4 members (excludes halogenated alkanes) is 6. The molecule has 0 aromatic heterocycles. The van der Waals surface area contributed by atoms with Gasteiger partial charge >= 0.3 is 0 Å². The zero-order chi connectivity index (χ0) is 17.0. The van der Waals surface area contributed by atoms with Crippen molar-refractivity contribution in [1.82, 2.24) is 9.80 Å². The molecule has 0 bridgehead atoms. The molecule has 0 radical (unpaired) electrons. The van der Waals surface area contributed by atoms with Gasteiger partial charge in [0.05, 0.1) is 6.04 Å². The van der Waals surface area contributed by atoms with Gasteiger partial charge in [-0.1, -0.05) is 52.4 Å². The van der Waals surface area contributed by atoms with E-state index in [0.29, 0.717) is 6.04 Å². The second-order valence-corrected chi connectivity index (χ2v) is 7.75. The molecule has 0 aliphatic carbocycles. The van der Waals surface area contributed by atoms with E-state index in [0.717, 1.165) is 6.54 Å². The number of rotatable bonds is 11. The third-order valence-electron chi connectivity index (χ3n) is 5.68. The molecular weight excluding hydrogens is 294 g/mol. The molecule has 0 amide bonds. The molecule has 2 aliphatic heterocycles. The number of fused-ring (bicyclic) bond motifs is 1. The number of hydrogen-bond acceptors (Lipinski definition) is 3. The number of nitrogens with zero attached hydrogens (tertiary/aromatic N) is 3. The van der Waals surface area contributed by atoms with Gasteiger partial charge in [-0.2, -0.15) is 0 Å². The van der Waals surface area contributed by atoms with Crippen LogP contribution in [0.25, 0.3) is 0 Å². The maximum atomic E-state index is 5.00. The summed E-state index contributed by atoms with van der Waals surface area (Å²) in [6.07, 6.45) is 16.3. The van der Waals surface area contributed by atoms with Crippen molar-refractivity contribution in [3.05, 3.63) is 0 Å². The average molecular weight is 336 g/mol. The molecule has 2 heterocycles. The molecule has 0 saturated carbocycles. The third-order valence-corrected chi connectivity index (χ3v) is 5.68. The molecular formula is C21H41N3. The highest BCUT2D eigenvalue weighted by molar-refractivity contribution is 5.88. The van der Waals surface area contributed by atoms with Crippen molar-refractivity contribution in [3.8, 4) is 0 Å². The molecule has 3 heteroatoms. The van der Waals surface area contributed by atoms with E-state index in [-0.39, 0.29) is 0 Å². The minimum atomic E-state index is 0.607. The normalized spacial score (nSPS) is 21.5. The summed E-state index contributed by atoms with van der Waals surface area (Å²) in [4.78, 5) is 10.4. The molecule has 2 rings (SSSR count). The van der Waals surface area contributed by atoms with Gasteiger partial charge in [-0.25, -0.2) is 0 Å². The first-order valence-corrected chi connectivity index (χ1v) is 10.9. The maximum Gasteiger partial charge on any atom is 0.116 e. The lowest BCUT2D eigenvalue weighted by Gasteiger charge is -2.37. The lowest BCUT2D eigenvalue weighted by atomic mass is 10.1. The molecule has 0 spiro atoms. The van der Waals surface area contributed by atoms with E-state index < -0.39 is 0 Å². The van der Waals surface area contributed by atoms with Gasteiger partial charge < -0.3 is 4.90 Å². The van der Waals surface area contributed by atoms with Crippen molar-refractivity contribution in [2.45, 2.75) is 96.9 Å². The smallest absolute Gasteiger partial charge is 0.116 e. The summed E-state index contributed by atoms with van der Waals surface area (Å²) in [6, 6.07) is 0.607. The molecule has 140 valence electrons. The largest absolute Gasteiger partial charge is 0.359 e. The summed E-state index contributed by atoms with van der Waals surface area (Å²) in [7, 11) is 0. The van der Waals surface area contributed by atoms with Gasteiger partial charge in [-0.15, -0.1) is 0 Å². The van der Waals surface area contributed by atoms with Gasteiger partial charge in [-0.3, -0.25) is 9.89 Å². The van der Waals surface area contributed by atoms with Gasteiger partial charge in [-0.05, 0) is 51.6 Å². The van der Waals surface area contributed by atoms with E-state index in [1.54, 1.807) is 0 Å². The Balaban J connectivity index is 1.96. The number of amidine groups is 1. The van der Waals surface area contributed by atoms with Gasteiger partial charge in [0.2, 0.25) is 0 Å². The van der Waals surface area contributed by atoms with E-state index in [1.165, 1.54) is 109 Å². The highest BCUT2D eigenvalue weighted by atomic mass is 15.3. The van der Waals surface area contributed by atoms with Crippen LogP contribution in [0.3, 0.4) is 0 Å². The van der Waals surface area contributed by atoms with Crippen LogP contribution in [0.2, 0.25) is 0 Å². The van der Waals surface area contributed by atoms with Crippen LogP contribution in [-0.2, 0) is 0 Å². The van der Waals surface area contributed by atoms with Crippen LogP contribution in [0, 0.1) is 0 Å². The second kappa shape index (κ2) is 11.9. The Hall–Kier alpha value is -0.570. The van der Waals surface area contributed by atoms with Crippen LogP contribution in [0.4, 0.5) is 0 Å². The molecule has 24 heavy (non-hydrogen) atoms. The van der Waals surface area contributed by atoms with Crippen molar-refractivity contribution < 1.29 is 0 Å². The summed E-state index contributed by atoms with van der Waals surface area (Å²) < 4.78 is 0. The monoisotopic (exact) mass is 335 g/mol. The molecule has 1 saturated heterocycles. The lowest BCUT2D eigenvalue weighted by Crippen LogP contribution is -2.50. The summed E-state index contributed by atoms with van der Waals surface area (Å²) in [5.74, 6) is 1.45. The van der Waals surface area contributed by atoms with Crippen LogP contribution in [0.5, 0.6) is 0 Å². The zero-order valence-corrected chi connectivity index (χ0v) is 16.4. The molecule has 0 N–H and O–H groups in total. The van der Waals surface area contributed by atoms with Crippen molar-refractivity contribution >= 4 is 5.84 Å². The van der Waals surface area contributed by atoms with E-state index in [2.05, 4.69) is 23.6 Å². The van der Waals surface area contributed by atoms with E-state index in [4.69, 9.17) is 4.99 Å². The minimum Gasteiger partial charge on any atom is -0.359 e. The van der Waals surface area contributed by atoms with E-state index in [9.17, 15) is 0 Å². The second-order valence-electron chi connectivity index (χ2n) is 7.75. The van der Waals surface area contributed by atoms with E-state index >= 15 is 0 Å². The predicted molar refractivity (Wildman–Crippen MR) is 106 cm³/mol. The Bertz CT molecular complexity index is 341. The molecule has 3 nitrogen and oxygen atoms in total. The van der Waals surface area contributed by atoms with E-state index in [1.807, 2.05) is 0 Å². The molecule has 0 aromatic rings. The Morgan fingerprint density at radius 2 is 1.54 bits per heavy atom. The summed E-state index contributed by atoms with van der Waals surface area (Å²) in [6.45, 7) is 10.7. The highest BCUT2D eigenvalue weighted by Gasteiger charge is 2.30. The molecule has 1 atom stereocenters. The number of hydrogen-bond donors (Lipinski definition) is 0. The Morgan fingerprint density at radius 3 is 2.21 bits per heavy atom. The van der Waals surface area contributed by atoms with Crippen molar-refractivity contribution in [2.24, 2.45) is 4.99 Å². The fraction of sp³-hybridized carbons (Fsp3) is 0.952. The zero-order valence-electron chi connectivity index (χ0n) is 16.4. The molecule has 0 aromatic carbocycles. The molecule has 2 aliphatic rings. The van der Waals surface area contributed by atoms with Crippen LogP contribution in [0.15, 0.2) is 4.99 Å². The first-order chi connectivity index (χ1) is 11.9. The van der Waals surface area contributed by atoms with Crippen LogP contribution >= 0.6 is 0 Å².